The zero-order valence-electron chi connectivity index (χ0n) is 9.62. The molecule has 0 aromatic carbocycles. The Morgan fingerprint density at radius 2 is 2.27 bits per heavy atom. The van der Waals surface area contributed by atoms with Crippen molar-refractivity contribution in [3.8, 4) is 0 Å². The number of aryl methyl sites for hydroxylation is 1. The summed E-state index contributed by atoms with van der Waals surface area (Å²) < 4.78 is 5.37. The number of hydrogen-bond donors (Lipinski definition) is 1. The minimum absolute atomic E-state index is 0.564. The molecule has 1 atom stereocenters. The van der Waals surface area contributed by atoms with E-state index in [4.69, 9.17) is 0 Å². The van der Waals surface area contributed by atoms with Crippen LogP contribution in [-0.2, 0) is 6.42 Å². The van der Waals surface area contributed by atoms with Gasteiger partial charge in [-0.2, -0.15) is 4.37 Å². The van der Waals surface area contributed by atoms with Crippen molar-refractivity contribution in [2.45, 2.75) is 43.2 Å². The van der Waals surface area contributed by atoms with E-state index < -0.39 is 0 Å². The van der Waals surface area contributed by atoms with Crippen molar-refractivity contribution >= 4 is 23.3 Å². The van der Waals surface area contributed by atoms with Gasteiger partial charge in [-0.1, -0.05) is 32.5 Å². The summed E-state index contributed by atoms with van der Waals surface area (Å²) in [6, 6.07) is 0. The van der Waals surface area contributed by atoms with Crippen molar-refractivity contribution in [3.05, 3.63) is 5.82 Å². The molecule has 1 N–H and O–H groups in total. The van der Waals surface area contributed by atoms with Gasteiger partial charge in [-0.15, -0.1) is 0 Å². The van der Waals surface area contributed by atoms with Crippen LogP contribution >= 0.6 is 23.3 Å². The summed E-state index contributed by atoms with van der Waals surface area (Å²) in [6.07, 6.45) is 2.12. The molecule has 3 nitrogen and oxygen atoms in total. The van der Waals surface area contributed by atoms with Gasteiger partial charge in [-0.25, -0.2) is 4.98 Å². The molecule has 0 aliphatic heterocycles. The Bertz CT molecular complexity index is 275. The van der Waals surface area contributed by atoms with Crippen molar-refractivity contribution in [2.75, 3.05) is 13.1 Å². The first-order chi connectivity index (χ1) is 7.26. The van der Waals surface area contributed by atoms with Crippen LogP contribution in [0.25, 0.3) is 0 Å². The van der Waals surface area contributed by atoms with Crippen LogP contribution < -0.4 is 5.32 Å². The monoisotopic (exact) mass is 245 g/mol. The van der Waals surface area contributed by atoms with Gasteiger partial charge in [0.25, 0.3) is 0 Å². The van der Waals surface area contributed by atoms with Gasteiger partial charge >= 0.3 is 0 Å². The summed E-state index contributed by atoms with van der Waals surface area (Å²) in [6.45, 7) is 8.63. The summed E-state index contributed by atoms with van der Waals surface area (Å²) in [7, 11) is 0. The largest absolute Gasteiger partial charge is 0.316 e. The van der Waals surface area contributed by atoms with Gasteiger partial charge in [0, 0.05) is 18.2 Å². The van der Waals surface area contributed by atoms with Crippen LogP contribution in [0.3, 0.4) is 0 Å². The summed E-state index contributed by atoms with van der Waals surface area (Å²) in [5.41, 5.74) is 0. The molecule has 1 unspecified atom stereocenters. The molecular weight excluding hydrogens is 226 g/mol. The number of aromatic nitrogens is 2. The smallest absolute Gasteiger partial charge is 0.170 e. The second kappa shape index (κ2) is 7.19. The Kier molecular flexibility index (Phi) is 6.20. The lowest BCUT2D eigenvalue weighted by Gasteiger charge is -2.09. The van der Waals surface area contributed by atoms with Crippen LogP contribution in [0.2, 0.25) is 0 Å². The summed E-state index contributed by atoms with van der Waals surface area (Å²) in [4.78, 5) is 4.44. The lowest BCUT2D eigenvalue weighted by molar-refractivity contribution is 0.669. The number of hydrogen-bond acceptors (Lipinski definition) is 5. The Morgan fingerprint density at radius 3 is 2.87 bits per heavy atom. The summed E-state index contributed by atoms with van der Waals surface area (Å²) >= 11 is 3.33. The molecule has 0 spiro atoms. The number of thioether (sulfide) groups is 1. The Hall–Kier alpha value is -0.130. The fraction of sp³-hybridized carbons (Fsp3) is 0.800. The van der Waals surface area contributed by atoms with Crippen LogP contribution in [0.1, 0.15) is 33.0 Å². The number of nitrogens with zero attached hydrogens (tertiary/aromatic N) is 2. The molecular formula is C10H19N3S2. The summed E-state index contributed by atoms with van der Waals surface area (Å²) in [5.74, 6) is 0.969. The Morgan fingerprint density at radius 1 is 1.47 bits per heavy atom. The van der Waals surface area contributed by atoms with E-state index in [1.54, 1.807) is 0 Å². The third kappa shape index (κ3) is 4.95. The molecule has 0 saturated heterocycles. The molecule has 1 aromatic rings. The lowest BCUT2D eigenvalue weighted by Crippen LogP contribution is -2.23. The van der Waals surface area contributed by atoms with Crippen LogP contribution in [-0.4, -0.2) is 27.7 Å². The predicted molar refractivity (Wildman–Crippen MR) is 67.8 cm³/mol. The third-order valence-corrected chi connectivity index (χ3v) is 3.85. The molecule has 0 fully saturated rings. The molecule has 1 rings (SSSR count). The summed E-state index contributed by atoms with van der Waals surface area (Å²) in [5, 5.41) is 3.98. The van der Waals surface area contributed by atoms with Gasteiger partial charge in [0.05, 0.1) is 0 Å². The van der Waals surface area contributed by atoms with Gasteiger partial charge in [-0.3, -0.25) is 0 Å². The van der Waals surface area contributed by atoms with E-state index in [-0.39, 0.29) is 0 Å². The molecule has 0 saturated carbocycles. The van der Waals surface area contributed by atoms with E-state index in [2.05, 4.69) is 35.4 Å². The van der Waals surface area contributed by atoms with Crippen LogP contribution in [0.4, 0.5) is 0 Å². The van der Waals surface area contributed by atoms with Gasteiger partial charge in [-0.05, 0) is 24.5 Å². The minimum Gasteiger partial charge on any atom is -0.316 e. The first-order valence-corrected chi connectivity index (χ1v) is 7.11. The van der Waals surface area contributed by atoms with Gasteiger partial charge in [0.1, 0.15) is 5.82 Å². The highest BCUT2D eigenvalue weighted by Gasteiger charge is 2.08. The van der Waals surface area contributed by atoms with Gasteiger partial charge < -0.3 is 5.32 Å². The fourth-order valence-corrected chi connectivity index (χ4v) is 3.11. The van der Waals surface area contributed by atoms with Crippen molar-refractivity contribution in [1.29, 1.82) is 0 Å². The highest BCUT2D eigenvalue weighted by atomic mass is 32.2. The van der Waals surface area contributed by atoms with Crippen molar-refractivity contribution < 1.29 is 0 Å². The average Bonchev–Trinajstić information content (AvgIpc) is 2.66. The SMILES string of the molecule is CCCNCC(C)Sc1nc(CC)ns1. The molecule has 86 valence electrons. The van der Waals surface area contributed by atoms with Crippen LogP contribution in [0.15, 0.2) is 4.34 Å². The topological polar surface area (TPSA) is 37.8 Å². The van der Waals surface area contributed by atoms with Crippen molar-refractivity contribution in [3.63, 3.8) is 0 Å². The Balaban J connectivity index is 2.27. The van der Waals surface area contributed by atoms with E-state index in [1.165, 1.54) is 18.0 Å². The van der Waals surface area contributed by atoms with E-state index in [0.717, 1.165) is 29.7 Å². The number of nitrogens with one attached hydrogen (secondary N) is 1. The molecule has 1 aromatic heterocycles. The van der Waals surface area contributed by atoms with Gasteiger partial charge in [0.2, 0.25) is 0 Å². The molecule has 0 bridgehead atoms. The van der Waals surface area contributed by atoms with Gasteiger partial charge in [0.15, 0.2) is 4.34 Å². The quantitative estimate of drug-likeness (QED) is 0.592. The molecule has 15 heavy (non-hydrogen) atoms. The predicted octanol–water partition coefficient (Wildman–Crippen LogP) is 2.58. The van der Waals surface area contributed by atoms with Crippen molar-refractivity contribution in [1.82, 2.24) is 14.7 Å². The standard InChI is InChI=1S/C10H19N3S2/c1-4-6-11-7-8(3)14-10-12-9(5-2)13-15-10/h8,11H,4-7H2,1-3H3. The van der Waals surface area contributed by atoms with Crippen LogP contribution in [0, 0.1) is 0 Å². The van der Waals surface area contributed by atoms with E-state index in [1.807, 2.05) is 11.8 Å². The highest BCUT2D eigenvalue weighted by Crippen LogP contribution is 2.24. The second-order valence-electron chi connectivity index (χ2n) is 3.46. The Labute approximate surface area is 100 Å². The maximum Gasteiger partial charge on any atom is 0.170 e. The first-order valence-electron chi connectivity index (χ1n) is 5.46. The zero-order valence-corrected chi connectivity index (χ0v) is 11.2. The molecule has 0 amide bonds. The fourth-order valence-electron chi connectivity index (χ4n) is 1.13. The maximum absolute atomic E-state index is 4.44. The third-order valence-electron chi connectivity index (χ3n) is 1.93. The normalized spacial score (nSPS) is 13.0. The molecule has 1 heterocycles. The number of rotatable bonds is 7. The average molecular weight is 245 g/mol. The van der Waals surface area contributed by atoms with E-state index in [9.17, 15) is 0 Å². The van der Waals surface area contributed by atoms with Crippen LogP contribution in [0.5, 0.6) is 0 Å². The van der Waals surface area contributed by atoms with Crippen molar-refractivity contribution in [2.24, 2.45) is 0 Å². The van der Waals surface area contributed by atoms with E-state index in [0.29, 0.717) is 5.25 Å². The molecule has 0 aliphatic carbocycles. The second-order valence-corrected chi connectivity index (χ2v) is 5.90. The minimum atomic E-state index is 0.564. The van der Waals surface area contributed by atoms with E-state index >= 15 is 0 Å². The molecule has 0 radical (unpaired) electrons. The maximum atomic E-state index is 4.44. The molecule has 5 heteroatoms. The zero-order chi connectivity index (χ0) is 11.1. The molecule has 0 aliphatic rings. The first kappa shape index (κ1) is 12.9. The lowest BCUT2D eigenvalue weighted by atomic mass is 10.4. The highest BCUT2D eigenvalue weighted by molar-refractivity contribution is 8.01.